The second-order valence-corrected chi connectivity index (χ2v) is 10.0. The number of carbonyl (C=O) groups is 2. The van der Waals surface area contributed by atoms with Crippen molar-refractivity contribution in [2.45, 2.75) is 57.3 Å². The number of nitrogens with zero attached hydrogens (tertiary/aromatic N) is 5. The first-order valence-corrected chi connectivity index (χ1v) is 11.8. The van der Waals surface area contributed by atoms with Crippen LogP contribution >= 0.6 is 0 Å². The van der Waals surface area contributed by atoms with E-state index in [1.54, 1.807) is 45.0 Å². The summed E-state index contributed by atoms with van der Waals surface area (Å²) in [6, 6.07) is 5.87. The highest BCUT2D eigenvalue weighted by atomic mass is 19.4. The Kier molecular flexibility index (Phi) is 6.15. The van der Waals surface area contributed by atoms with Crippen LogP contribution in [0.15, 0.2) is 30.6 Å². The van der Waals surface area contributed by atoms with Gasteiger partial charge in [0, 0.05) is 11.9 Å². The summed E-state index contributed by atoms with van der Waals surface area (Å²) in [6.45, 7) is 5.11. The van der Waals surface area contributed by atoms with Crippen LogP contribution in [0.1, 0.15) is 44.9 Å². The summed E-state index contributed by atoms with van der Waals surface area (Å²) in [7, 11) is 0. The first kappa shape index (κ1) is 25.7. The molecule has 3 atom stereocenters. The van der Waals surface area contributed by atoms with Crippen molar-refractivity contribution >= 4 is 28.9 Å². The molecule has 2 amide bonds. The van der Waals surface area contributed by atoms with E-state index in [9.17, 15) is 22.8 Å². The number of halogens is 4. The Bertz CT molecular complexity index is 1400. The van der Waals surface area contributed by atoms with Crippen molar-refractivity contribution in [1.82, 2.24) is 24.6 Å². The van der Waals surface area contributed by atoms with Gasteiger partial charge in [0.2, 0.25) is 6.10 Å². The highest BCUT2D eigenvalue weighted by Gasteiger charge is 2.50. The molecule has 202 valence electrons. The Morgan fingerprint density at radius 2 is 1.89 bits per heavy atom. The van der Waals surface area contributed by atoms with E-state index >= 15 is 4.39 Å². The average Bonchev–Trinajstić information content (AvgIpc) is 3.20. The molecular formula is C24H24F4N6O4. The van der Waals surface area contributed by atoms with E-state index in [4.69, 9.17) is 4.74 Å². The number of hydrogen-bond acceptors (Lipinski definition) is 7. The standard InChI is InChI=1S/C24H24F4N6O4/c1-23(2,3)38-22(36)33-9-8-15(13(25)10-33)34-14-7-5-4-6-12(14)17(32-34)18-16-19(24(26,27)28)37-21(35)31-20(16)30-11-29-18/h4-7,11,13,15,19H,8-10H2,1-3H3,(H,29,30,31,35)/t13-,15+,19-/m1/s1. The van der Waals surface area contributed by atoms with E-state index in [1.165, 1.54) is 9.58 Å². The first-order valence-electron chi connectivity index (χ1n) is 11.8. The summed E-state index contributed by atoms with van der Waals surface area (Å²) < 4.78 is 68.5. The summed E-state index contributed by atoms with van der Waals surface area (Å²) in [6.07, 6.45) is -9.80. The maximum atomic E-state index is 15.5. The zero-order valence-electron chi connectivity index (χ0n) is 20.6. The lowest BCUT2D eigenvalue weighted by atomic mass is 10.0. The zero-order valence-corrected chi connectivity index (χ0v) is 20.6. The van der Waals surface area contributed by atoms with E-state index in [0.717, 1.165) is 6.33 Å². The van der Waals surface area contributed by atoms with Crippen LogP contribution in [-0.4, -0.2) is 67.9 Å². The predicted octanol–water partition coefficient (Wildman–Crippen LogP) is 5.18. The van der Waals surface area contributed by atoms with Crippen molar-refractivity contribution < 1.29 is 36.6 Å². The number of carbonyl (C=O) groups excluding carboxylic acids is 2. The third-order valence-corrected chi connectivity index (χ3v) is 6.20. The van der Waals surface area contributed by atoms with E-state index < -0.39 is 47.8 Å². The topological polar surface area (TPSA) is 111 Å². The number of ether oxygens (including phenoxy) is 2. The number of rotatable bonds is 2. The number of benzene rings is 1. The Hall–Kier alpha value is -3.97. The third kappa shape index (κ3) is 4.70. The van der Waals surface area contributed by atoms with E-state index in [1.807, 2.05) is 0 Å². The van der Waals surface area contributed by atoms with Crippen molar-refractivity contribution in [3.63, 3.8) is 0 Å². The summed E-state index contributed by atoms with van der Waals surface area (Å²) in [5.41, 5.74) is -0.908. The smallest absolute Gasteiger partial charge is 0.430 e. The second kappa shape index (κ2) is 9.10. The number of nitrogens with one attached hydrogen (secondary N) is 1. The highest BCUT2D eigenvalue weighted by molar-refractivity contribution is 5.96. The lowest BCUT2D eigenvalue weighted by molar-refractivity contribution is -0.206. The lowest BCUT2D eigenvalue weighted by Crippen LogP contribution is -2.47. The molecule has 5 rings (SSSR count). The molecule has 1 fully saturated rings. The molecule has 0 spiro atoms. The summed E-state index contributed by atoms with van der Waals surface area (Å²) in [5.74, 6) is -0.346. The number of hydrogen-bond donors (Lipinski definition) is 1. The van der Waals surface area contributed by atoms with Crippen molar-refractivity contribution in [3.05, 3.63) is 36.2 Å². The fraction of sp³-hybridized carbons (Fsp3) is 0.458. The van der Waals surface area contributed by atoms with Gasteiger partial charge in [-0.3, -0.25) is 10.00 Å². The van der Waals surface area contributed by atoms with Crippen molar-refractivity contribution in [1.29, 1.82) is 0 Å². The predicted molar refractivity (Wildman–Crippen MR) is 126 cm³/mol. The second-order valence-electron chi connectivity index (χ2n) is 10.0. The zero-order chi connectivity index (χ0) is 27.4. The minimum absolute atomic E-state index is 0.0509. The number of likely N-dealkylation sites (tertiary alicyclic amines) is 1. The van der Waals surface area contributed by atoms with Crippen LogP contribution in [0.5, 0.6) is 0 Å². The van der Waals surface area contributed by atoms with E-state index in [-0.39, 0.29) is 36.7 Å². The van der Waals surface area contributed by atoms with Gasteiger partial charge in [-0.15, -0.1) is 0 Å². The van der Waals surface area contributed by atoms with Gasteiger partial charge in [0.1, 0.15) is 35.3 Å². The van der Waals surface area contributed by atoms with Crippen LogP contribution in [0.3, 0.4) is 0 Å². The Labute approximate surface area is 213 Å². The molecular weight excluding hydrogens is 512 g/mol. The Morgan fingerprint density at radius 1 is 1.16 bits per heavy atom. The average molecular weight is 536 g/mol. The van der Waals surface area contributed by atoms with Crippen LogP contribution in [-0.2, 0) is 9.47 Å². The first-order chi connectivity index (χ1) is 17.8. The molecule has 1 saturated heterocycles. The minimum Gasteiger partial charge on any atom is -0.444 e. The van der Waals surface area contributed by atoms with Crippen molar-refractivity contribution in [2.75, 3.05) is 18.4 Å². The molecule has 14 heteroatoms. The van der Waals surface area contributed by atoms with E-state index in [2.05, 4.69) is 25.1 Å². The summed E-state index contributed by atoms with van der Waals surface area (Å²) >= 11 is 0. The lowest BCUT2D eigenvalue weighted by Gasteiger charge is -2.35. The van der Waals surface area contributed by atoms with Crippen LogP contribution in [0.2, 0.25) is 0 Å². The molecule has 1 N–H and O–H groups in total. The number of anilines is 1. The van der Waals surface area contributed by atoms with Gasteiger partial charge in [-0.1, -0.05) is 18.2 Å². The molecule has 38 heavy (non-hydrogen) atoms. The molecule has 0 aliphatic carbocycles. The summed E-state index contributed by atoms with van der Waals surface area (Å²) in [5, 5.41) is 7.12. The SMILES string of the molecule is CC(C)(C)OC(=O)N1CC[C@H](n2nc(-c3ncnc4c3[C@H](C(F)(F)F)OC(=O)N4)c3ccccc32)[C@H](F)C1. The fourth-order valence-corrected chi connectivity index (χ4v) is 4.63. The van der Waals surface area contributed by atoms with Gasteiger partial charge in [0.15, 0.2) is 0 Å². The van der Waals surface area contributed by atoms with Gasteiger partial charge >= 0.3 is 18.4 Å². The molecule has 2 aliphatic heterocycles. The molecule has 0 saturated carbocycles. The Balaban J connectivity index is 1.55. The molecule has 4 heterocycles. The molecule has 0 bridgehead atoms. The molecule has 0 radical (unpaired) electrons. The normalized spacial score (nSPS) is 22.0. The number of aromatic nitrogens is 4. The van der Waals surface area contributed by atoms with Crippen LogP contribution in [0, 0.1) is 0 Å². The molecule has 2 aromatic heterocycles. The van der Waals surface area contributed by atoms with Crippen molar-refractivity contribution in [2.24, 2.45) is 0 Å². The molecule has 3 aromatic rings. The molecule has 10 nitrogen and oxygen atoms in total. The quantitative estimate of drug-likeness (QED) is 0.450. The van der Waals surface area contributed by atoms with Gasteiger partial charge < -0.3 is 14.4 Å². The maximum Gasteiger partial charge on any atom is 0.430 e. The number of alkyl halides is 4. The van der Waals surface area contributed by atoms with Gasteiger partial charge in [-0.05, 0) is 33.3 Å². The molecule has 1 aromatic carbocycles. The number of amides is 2. The van der Waals surface area contributed by atoms with Crippen molar-refractivity contribution in [3.8, 4) is 11.4 Å². The monoisotopic (exact) mass is 536 g/mol. The Morgan fingerprint density at radius 3 is 2.58 bits per heavy atom. The highest BCUT2D eigenvalue weighted by Crippen LogP contribution is 2.46. The minimum atomic E-state index is -4.94. The van der Waals surface area contributed by atoms with Crippen LogP contribution in [0.25, 0.3) is 22.3 Å². The molecule has 0 unspecified atom stereocenters. The number of cyclic esters (lactones) is 1. The van der Waals surface area contributed by atoms with E-state index in [0.29, 0.717) is 10.9 Å². The number of fused-ring (bicyclic) bond motifs is 2. The number of para-hydroxylation sites is 1. The maximum absolute atomic E-state index is 15.5. The van der Waals surface area contributed by atoms with Gasteiger partial charge in [0.25, 0.3) is 0 Å². The third-order valence-electron chi connectivity index (χ3n) is 6.20. The number of piperidine rings is 1. The molecule has 2 aliphatic rings. The summed E-state index contributed by atoms with van der Waals surface area (Å²) in [4.78, 5) is 33.3. The van der Waals surface area contributed by atoms with Gasteiger partial charge in [-0.25, -0.2) is 23.9 Å². The van der Waals surface area contributed by atoms with Gasteiger partial charge in [0.05, 0.1) is 23.7 Å². The van der Waals surface area contributed by atoms with Gasteiger partial charge in [-0.2, -0.15) is 18.3 Å². The fourth-order valence-electron chi connectivity index (χ4n) is 4.63. The largest absolute Gasteiger partial charge is 0.444 e. The van der Waals surface area contributed by atoms with Crippen LogP contribution < -0.4 is 5.32 Å². The van der Waals surface area contributed by atoms with Crippen LogP contribution in [0.4, 0.5) is 33.0 Å².